The average Bonchev–Trinajstić information content (AvgIpc) is 3.00. The molecule has 2 N–H and O–H groups in total. The van der Waals surface area contributed by atoms with Crippen LogP contribution in [0.2, 0.25) is 0 Å². The Kier molecular flexibility index (Phi) is 9.56. The molecule has 1 aromatic rings. The molecule has 5 nitrogen and oxygen atoms in total. The molecule has 0 aliphatic carbocycles. The summed E-state index contributed by atoms with van der Waals surface area (Å²) in [5.74, 6) is 0.764. The first-order valence-corrected chi connectivity index (χ1v) is 8.97. The molecule has 2 atom stereocenters. The van der Waals surface area contributed by atoms with Crippen molar-refractivity contribution < 1.29 is 9.53 Å². The van der Waals surface area contributed by atoms with Crippen LogP contribution in [0.15, 0.2) is 17.5 Å². The number of nitrogens with zero attached hydrogens (tertiary/aromatic N) is 1. The highest BCUT2D eigenvalue weighted by Crippen LogP contribution is 2.25. The van der Waals surface area contributed by atoms with Gasteiger partial charge in [0.25, 0.3) is 0 Å². The molecule has 2 saturated heterocycles. The summed E-state index contributed by atoms with van der Waals surface area (Å²) in [5, 5.41) is 8.51. The van der Waals surface area contributed by atoms with Crippen LogP contribution >= 0.6 is 36.2 Å². The molecule has 0 bridgehead atoms. The molecule has 8 heteroatoms. The Balaban J connectivity index is 0.00000144. The number of hydrogen-bond acceptors (Lipinski definition) is 5. The first-order chi connectivity index (χ1) is 10.8. The van der Waals surface area contributed by atoms with E-state index in [4.69, 9.17) is 4.74 Å². The van der Waals surface area contributed by atoms with E-state index in [0.717, 1.165) is 39.4 Å². The standard InChI is InChI=1S/C16H25N3O2S.2ClH/c1-12(13-9-17-10-13)16(20)18-11-14(15-3-2-8-22-15)19-4-6-21-7-5-19;;/h2-3,8,12-14,17H,4-7,9-11H2,1H3,(H,18,20);2*1H. The van der Waals surface area contributed by atoms with Gasteiger partial charge in [-0.2, -0.15) is 0 Å². The second-order valence-corrected chi connectivity index (χ2v) is 7.11. The van der Waals surface area contributed by atoms with Gasteiger partial charge in [0.15, 0.2) is 0 Å². The van der Waals surface area contributed by atoms with Crippen LogP contribution in [0.4, 0.5) is 0 Å². The van der Waals surface area contributed by atoms with E-state index in [2.05, 4.69) is 33.0 Å². The van der Waals surface area contributed by atoms with Crippen molar-refractivity contribution in [3.05, 3.63) is 22.4 Å². The smallest absolute Gasteiger partial charge is 0.223 e. The van der Waals surface area contributed by atoms with Gasteiger partial charge in [-0.3, -0.25) is 9.69 Å². The summed E-state index contributed by atoms with van der Waals surface area (Å²) >= 11 is 1.76. The molecule has 2 aliphatic rings. The fourth-order valence-electron chi connectivity index (χ4n) is 3.02. The van der Waals surface area contributed by atoms with Gasteiger partial charge in [0.1, 0.15) is 0 Å². The number of rotatable bonds is 6. The number of thiophene rings is 1. The summed E-state index contributed by atoms with van der Waals surface area (Å²) in [4.78, 5) is 16.1. The summed E-state index contributed by atoms with van der Waals surface area (Å²) in [7, 11) is 0. The average molecular weight is 396 g/mol. The van der Waals surface area contributed by atoms with Gasteiger partial charge in [-0.25, -0.2) is 0 Å². The fraction of sp³-hybridized carbons (Fsp3) is 0.688. The molecule has 0 spiro atoms. The Morgan fingerprint density at radius 1 is 1.42 bits per heavy atom. The van der Waals surface area contributed by atoms with Crippen LogP contribution in [0.1, 0.15) is 17.8 Å². The predicted octanol–water partition coefficient (Wildman–Crippen LogP) is 1.94. The van der Waals surface area contributed by atoms with Crippen LogP contribution in [-0.4, -0.2) is 56.7 Å². The Morgan fingerprint density at radius 3 is 2.67 bits per heavy atom. The first-order valence-electron chi connectivity index (χ1n) is 8.09. The van der Waals surface area contributed by atoms with E-state index < -0.39 is 0 Å². The lowest BCUT2D eigenvalue weighted by Gasteiger charge is -2.35. The molecular formula is C16H27Cl2N3O2S. The number of halogens is 2. The van der Waals surface area contributed by atoms with E-state index in [-0.39, 0.29) is 42.7 Å². The zero-order valence-corrected chi connectivity index (χ0v) is 16.4. The topological polar surface area (TPSA) is 53.6 Å². The largest absolute Gasteiger partial charge is 0.379 e. The Labute approximate surface area is 160 Å². The summed E-state index contributed by atoms with van der Waals surface area (Å²) < 4.78 is 5.45. The van der Waals surface area contributed by atoms with Crippen LogP contribution in [0.3, 0.4) is 0 Å². The van der Waals surface area contributed by atoms with Gasteiger partial charge in [0.05, 0.1) is 19.3 Å². The monoisotopic (exact) mass is 395 g/mol. The van der Waals surface area contributed by atoms with Crippen molar-refractivity contribution in [2.24, 2.45) is 11.8 Å². The molecule has 1 aromatic heterocycles. The molecule has 3 heterocycles. The summed E-state index contributed by atoms with van der Waals surface area (Å²) in [6, 6.07) is 4.51. The van der Waals surface area contributed by atoms with Gasteiger partial charge in [-0.05, 0) is 30.5 Å². The van der Waals surface area contributed by atoms with Gasteiger partial charge in [0.2, 0.25) is 5.91 Å². The maximum atomic E-state index is 12.4. The van der Waals surface area contributed by atoms with Gasteiger partial charge in [0, 0.05) is 30.4 Å². The van der Waals surface area contributed by atoms with Crippen molar-refractivity contribution in [2.75, 3.05) is 45.9 Å². The Hall–Kier alpha value is -0.370. The number of ether oxygens (including phenoxy) is 1. The zero-order chi connectivity index (χ0) is 15.4. The molecule has 1 amide bonds. The molecule has 0 aromatic carbocycles. The lowest BCUT2D eigenvalue weighted by molar-refractivity contribution is -0.127. The third-order valence-electron chi connectivity index (χ3n) is 4.76. The number of carbonyl (C=O) groups is 1. The Bertz CT molecular complexity index is 480. The lowest BCUT2D eigenvalue weighted by atomic mass is 9.88. The lowest BCUT2D eigenvalue weighted by Crippen LogP contribution is -2.50. The minimum Gasteiger partial charge on any atom is -0.379 e. The molecule has 24 heavy (non-hydrogen) atoms. The minimum absolute atomic E-state index is 0. The fourth-order valence-corrected chi connectivity index (χ4v) is 3.88. The number of amides is 1. The summed E-state index contributed by atoms with van der Waals surface area (Å²) in [6.45, 7) is 8.07. The highest BCUT2D eigenvalue weighted by Gasteiger charge is 2.30. The maximum absolute atomic E-state index is 12.4. The second-order valence-electron chi connectivity index (χ2n) is 6.13. The molecule has 3 rings (SSSR count). The molecule has 0 radical (unpaired) electrons. The van der Waals surface area contributed by atoms with Gasteiger partial charge < -0.3 is 15.4 Å². The normalized spacial score (nSPS) is 20.9. The molecule has 2 unspecified atom stereocenters. The Morgan fingerprint density at radius 2 is 2.12 bits per heavy atom. The van der Waals surface area contributed by atoms with Crippen molar-refractivity contribution >= 4 is 42.1 Å². The minimum atomic E-state index is 0. The quantitative estimate of drug-likeness (QED) is 0.772. The van der Waals surface area contributed by atoms with Gasteiger partial charge >= 0.3 is 0 Å². The van der Waals surface area contributed by atoms with Crippen LogP contribution in [0.5, 0.6) is 0 Å². The third-order valence-corrected chi connectivity index (χ3v) is 5.73. The van der Waals surface area contributed by atoms with E-state index in [0.29, 0.717) is 12.5 Å². The van der Waals surface area contributed by atoms with Crippen molar-refractivity contribution in [1.82, 2.24) is 15.5 Å². The number of morpholine rings is 1. The van der Waals surface area contributed by atoms with Gasteiger partial charge in [-0.15, -0.1) is 36.2 Å². The molecule has 2 aliphatic heterocycles. The molecule has 2 fully saturated rings. The van der Waals surface area contributed by atoms with E-state index in [1.165, 1.54) is 4.88 Å². The van der Waals surface area contributed by atoms with E-state index in [9.17, 15) is 4.79 Å². The summed E-state index contributed by atoms with van der Waals surface area (Å²) in [5.41, 5.74) is 0. The number of hydrogen-bond donors (Lipinski definition) is 2. The van der Waals surface area contributed by atoms with Crippen molar-refractivity contribution in [2.45, 2.75) is 13.0 Å². The highest BCUT2D eigenvalue weighted by molar-refractivity contribution is 7.10. The maximum Gasteiger partial charge on any atom is 0.223 e. The predicted molar refractivity (Wildman–Crippen MR) is 102 cm³/mol. The van der Waals surface area contributed by atoms with E-state index in [1.54, 1.807) is 11.3 Å². The summed E-state index contributed by atoms with van der Waals surface area (Å²) in [6.07, 6.45) is 0. The van der Waals surface area contributed by atoms with Crippen LogP contribution in [-0.2, 0) is 9.53 Å². The van der Waals surface area contributed by atoms with E-state index >= 15 is 0 Å². The number of carbonyl (C=O) groups excluding carboxylic acids is 1. The number of nitrogens with one attached hydrogen (secondary N) is 2. The SMILES string of the molecule is CC(C(=O)NCC(c1cccs1)N1CCOCC1)C1CNC1.Cl.Cl. The van der Waals surface area contributed by atoms with Crippen molar-refractivity contribution in [3.8, 4) is 0 Å². The van der Waals surface area contributed by atoms with Crippen LogP contribution < -0.4 is 10.6 Å². The van der Waals surface area contributed by atoms with Gasteiger partial charge in [-0.1, -0.05) is 13.0 Å². The second kappa shape index (κ2) is 10.6. The molecule has 138 valence electrons. The zero-order valence-electron chi connectivity index (χ0n) is 13.9. The van der Waals surface area contributed by atoms with E-state index in [1.807, 2.05) is 6.92 Å². The third kappa shape index (κ3) is 5.31. The van der Waals surface area contributed by atoms with Crippen molar-refractivity contribution in [1.29, 1.82) is 0 Å². The molecular weight excluding hydrogens is 369 g/mol. The molecule has 0 saturated carbocycles. The van der Waals surface area contributed by atoms with Crippen molar-refractivity contribution in [3.63, 3.8) is 0 Å². The van der Waals surface area contributed by atoms with Crippen LogP contribution in [0, 0.1) is 11.8 Å². The first kappa shape index (κ1) is 21.7. The van der Waals surface area contributed by atoms with Crippen LogP contribution in [0.25, 0.3) is 0 Å². The highest BCUT2D eigenvalue weighted by atomic mass is 35.5.